The topological polar surface area (TPSA) is 81.4 Å². The highest BCUT2D eigenvalue weighted by Gasteiger charge is 2.24. The van der Waals surface area contributed by atoms with Crippen LogP contribution in [0.2, 0.25) is 0 Å². The Morgan fingerprint density at radius 1 is 1.03 bits per heavy atom. The lowest BCUT2D eigenvalue weighted by atomic mass is 10.1. The van der Waals surface area contributed by atoms with Crippen molar-refractivity contribution in [3.63, 3.8) is 0 Å². The number of nitrogens with zero attached hydrogens (tertiary/aromatic N) is 7. The number of halogens is 1. The number of carbonyl (C=O) groups excluding carboxylic acids is 1. The minimum Gasteiger partial charge on any atom is -0.357 e. The number of nitrogens with one attached hydrogen (secondary N) is 1. The third kappa shape index (κ3) is 6.31. The van der Waals surface area contributed by atoms with E-state index in [2.05, 4.69) is 32.2 Å². The Morgan fingerprint density at radius 2 is 1.81 bits per heavy atom. The smallest absolute Gasteiger partial charge is 0.236 e. The molecule has 0 bridgehead atoms. The SMILES string of the molecule is CCNC(=NCCc1nnc2ccccn12)N1CCN(CC(=O)N2CCCCC2)CC1.I. The first-order valence-corrected chi connectivity index (χ1v) is 11.6. The Labute approximate surface area is 207 Å². The predicted octanol–water partition coefficient (Wildman–Crippen LogP) is 1.49. The van der Waals surface area contributed by atoms with Crippen molar-refractivity contribution in [3.8, 4) is 0 Å². The van der Waals surface area contributed by atoms with Gasteiger partial charge in [0.25, 0.3) is 0 Å². The van der Waals surface area contributed by atoms with E-state index in [1.165, 1.54) is 6.42 Å². The van der Waals surface area contributed by atoms with E-state index >= 15 is 0 Å². The van der Waals surface area contributed by atoms with Gasteiger partial charge in [-0.3, -0.25) is 19.1 Å². The van der Waals surface area contributed by atoms with Gasteiger partial charge in [0, 0.05) is 65.0 Å². The number of amides is 1. The number of piperazine rings is 1. The van der Waals surface area contributed by atoms with Crippen LogP contribution in [-0.4, -0.2) is 100 Å². The lowest BCUT2D eigenvalue weighted by molar-refractivity contribution is -0.133. The van der Waals surface area contributed by atoms with E-state index in [4.69, 9.17) is 4.99 Å². The molecule has 1 amide bonds. The second-order valence-corrected chi connectivity index (χ2v) is 8.24. The molecule has 2 aliphatic heterocycles. The lowest BCUT2D eigenvalue weighted by Gasteiger charge is -2.37. The van der Waals surface area contributed by atoms with Gasteiger partial charge in [-0.05, 0) is 38.3 Å². The number of likely N-dealkylation sites (tertiary alicyclic amines) is 1. The molecule has 0 radical (unpaired) electrons. The molecule has 9 nitrogen and oxygen atoms in total. The maximum Gasteiger partial charge on any atom is 0.236 e. The van der Waals surface area contributed by atoms with Crippen LogP contribution in [-0.2, 0) is 11.2 Å². The number of aliphatic imine (C=N–C) groups is 1. The molecule has 1 N–H and O–H groups in total. The van der Waals surface area contributed by atoms with E-state index in [9.17, 15) is 4.79 Å². The van der Waals surface area contributed by atoms with Gasteiger partial charge >= 0.3 is 0 Å². The van der Waals surface area contributed by atoms with Crippen molar-refractivity contribution in [2.45, 2.75) is 32.6 Å². The standard InChI is InChI=1S/C22H34N8O.HI/c1-2-23-22(24-10-9-20-26-25-19-8-4-7-13-30(19)20)29-16-14-27(15-17-29)18-21(31)28-11-5-3-6-12-28;/h4,7-8,13H,2-3,5-6,9-12,14-18H2,1H3,(H,23,24);1H. The Bertz CT molecular complexity index is 887. The van der Waals surface area contributed by atoms with Gasteiger partial charge in [-0.25, -0.2) is 0 Å². The molecule has 2 saturated heterocycles. The fourth-order valence-electron chi connectivity index (χ4n) is 4.30. The van der Waals surface area contributed by atoms with Crippen molar-refractivity contribution < 1.29 is 4.79 Å². The number of rotatable bonds is 6. The van der Waals surface area contributed by atoms with Crippen LogP contribution < -0.4 is 5.32 Å². The maximum absolute atomic E-state index is 12.6. The van der Waals surface area contributed by atoms with Gasteiger partial charge in [-0.2, -0.15) is 0 Å². The number of piperidine rings is 1. The summed E-state index contributed by atoms with van der Waals surface area (Å²) < 4.78 is 2.01. The van der Waals surface area contributed by atoms with Gasteiger partial charge in [0.15, 0.2) is 11.6 Å². The Morgan fingerprint density at radius 3 is 2.56 bits per heavy atom. The van der Waals surface area contributed by atoms with E-state index in [0.717, 1.165) is 82.5 Å². The van der Waals surface area contributed by atoms with E-state index in [0.29, 0.717) is 13.1 Å². The summed E-state index contributed by atoms with van der Waals surface area (Å²) in [7, 11) is 0. The second kappa shape index (κ2) is 12.3. The van der Waals surface area contributed by atoms with Crippen molar-refractivity contribution in [2.75, 3.05) is 58.9 Å². The van der Waals surface area contributed by atoms with E-state index in [1.54, 1.807) is 0 Å². The van der Waals surface area contributed by atoms with E-state index < -0.39 is 0 Å². The molecule has 4 heterocycles. The van der Waals surface area contributed by atoms with Crippen LogP contribution in [0.3, 0.4) is 0 Å². The van der Waals surface area contributed by atoms with Crippen molar-refractivity contribution in [3.05, 3.63) is 30.2 Å². The van der Waals surface area contributed by atoms with Crippen molar-refractivity contribution in [1.82, 2.24) is 34.6 Å². The Hall–Kier alpha value is -1.95. The van der Waals surface area contributed by atoms with Crippen LogP contribution >= 0.6 is 24.0 Å². The largest absolute Gasteiger partial charge is 0.357 e. The number of guanidine groups is 1. The molecule has 0 spiro atoms. The first-order chi connectivity index (χ1) is 15.2. The first-order valence-electron chi connectivity index (χ1n) is 11.6. The molecule has 2 aromatic heterocycles. The first kappa shape index (κ1) is 24.7. The molecule has 0 aromatic carbocycles. The summed E-state index contributed by atoms with van der Waals surface area (Å²) in [5.41, 5.74) is 0.864. The summed E-state index contributed by atoms with van der Waals surface area (Å²) >= 11 is 0. The zero-order valence-electron chi connectivity index (χ0n) is 18.9. The van der Waals surface area contributed by atoms with Crippen molar-refractivity contribution in [2.24, 2.45) is 4.99 Å². The molecular formula is C22H35IN8O. The number of aromatic nitrogens is 3. The summed E-state index contributed by atoms with van der Waals surface area (Å²) in [6.07, 6.45) is 6.27. The van der Waals surface area contributed by atoms with Gasteiger partial charge < -0.3 is 15.1 Å². The summed E-state index contributed by atoms with van der Waals surface area (Å²) in [6.45, 7) is 9.52. The molecule has 32 heavy (non-hydrogen) atoms. The Balaban J connectivity index is 0.00000289. The van der Waals surface area contributed by atoms with Crippen LogP contribution in [0.25, 0.3) is 5.65 Å². The molecule has 0 aliphatic carbocycles. The predicted molar refractivity (Wildman–Crippen MR) is 137 cm³/mol. The molecule has 176 valence electrons. The summed E-state index contributed by atoms with van der Waals surface area (Å²) in [5.74, 6) is 2.16. The number of carbonyl (C=O) groups is 1. The summed E-state index contributed by atoms with van der Waals surface area (Å²) in [4.78, 5) is 24.0. The highest BCUT2D eigenvalue weighted by molar-refractivity contribution is 14.0. The quantitative estimate of drug-likeness (QED) is 0.331. The third-order valence-electron chi connectivity index (χ3n) is 6.06. The summed E-state index contributed by atoms with van der Waals surface area (Å²) in [5, 5.41) is 11.9. The van der Waals surface area contributed by atoms with Gasteiger partial charge in [0.1, 0.15) is 5.82 Å². The van der Waals surface area contributed by atoms with Crippen LogP contribution in [0.1, 0.15) is 32.0 Å². The van der Waals surface area contributed by atoms with Crippen LogP contribution in [0, 0.1) is 0 Å². The highest BCUT2D eigenvalue weighted by Crippen LogP contribution is 2.10. The second-order valence-electron chi connectivity index (χ2n) is 8.24. The minimum atomic E-state index is 0. The zero-order chi connectivity index (χ0) is 21.5. The van der Waals surface area contributed by atoms with Crippen LogP contribution in [0.15, 0.2) is 29.4 Å². The molecule has 2 fully saturated rings. The number of hydrogen-bond acceptors (Lipinski definition) is 5. The van der Waals surface area contributed by atoms with Crippen molar-refractivity contribution in [1.29, 1.82) is 0 Å². The number of hydrogen-bond donors (Lipinski definition) is 1. The molecule has 0 saturated carbocycles. The lowest BCUT2D eigenvalue weighted by Crippen LogP contribution is -2.54. The Kier molecular flexibility index (Phi) is 9.51. The van der Waals surface area contributed by atoms with Crippen molar-refractivity contribution >= 4 is 41.5 Å². The molecule has 0 unspecified atom stereocenters. The normalized spacial score (nSPS) is 18.0. The fraction of sp³-hybridized carbons (Fsp3) is 0.636. The van der Waals surface area contributed by atoms with Gasteiger partial charge in [-0.15, -0.1) is 34.2 Å². The molecule has 0 atom stereocenters. The molecule has 2 aliphatic rings. The average molecular weight is 554 g/mol. The summed E-state index contributed by atoms with van der Waals surface area (Å²) in [6, 6.07) is 5.91. The molecule has 2 aromatic rings. The monoisotopic (exact) mass is 554 g/mol. The zero-order valence-corrected chi connectivity index (χ0v) is 21.3. The van der Waals surface area contributed by atoms with Gasteiger partial charge in [0.05, 0.1) is 6.54 Å². The van der Waals surface area contributed by atoms with Gasteiger partial charge in [0.2, 0.25) is 5.91 Å². The average Bonchev–Trinajstić information content (AvgIpc) is 3.23. The van der Waals surface area contributed by atoms with E-state index in [1.807, 2.05) is 33.7 Å². The highest BCUT2D eigenvalue weighted by atomic mass is 127. The fourth-order valence-corrected chi connectivity index (χ4v) is 4.30. The van der Waals surface area contributed by atoms with Crippen LogP contribution in [0.4, 0.5) is 0 Å². The molecular weight excluding hydrogens is 519 g/mol. The minimum absolute atomic E-state index is 0. The molecule has 10 heteroatoms. The molecule has 4 rings (SSSR count). The van der Waals surface area contributed by atoms with Gasteiger partial charge in [-0.1, -0.05) is 6.07 Å². The van der Waals surface area contributed by atoms with E-state index in [-0.39, 0.29) is 29.9 Å². The number of pyridine rings is 1. The number of fused-ring (bicyclic) bond motifs is 1. The maximum atomic E-state index is 12.6. The third-order valence-corrected chi connectivity index (χ3v) is 6.06. The van der Waals surface area contributed by atoms with Crippen LogP contribution in [0.5, 0.6) is 0 Å².